The van der Waals surface area contributed by atoms with Gasteiger partial charge in [-0.2, -0.15) is 0 Å². The number of hydrogen-bond acceptors (Lipinski definition) is 5. The summed E-state index contributed by atoms with van der Waals surface area (Å²) in [5, 5.41) is 22.9. The average Bonchev–Trinajstić information content (AvgIpc) is 2.35. The number of nitrogens with one attached hydrogen (secondary N) is 1. The first-order valence-electron chi connectivity index (χ1n) is 6.32. The standard InChI is InChI=1S/C13H19N3O4/c1-8(2)6-9(17)7-15-13(18)10-4-3-5-11(12(10)14)16(19)20/h3-5,8-9,17H,6-7,14H2,1-2H3,(H,15,18). The zero-order valence-corrected chi connectivity index (χ0v) is 11.5. The lowest BCUT2D eigenvalue weighted by Crippen LogP contribution is -2.33. The molecule has 1 atom stereocenters. The molecule has 0 aliphatic rings. The van der Waals surface area contributed by atoms with Crippen molar-refractivity contribution in [1.29, 1.82) is 0 Å². The van der Waals surface area contributed by atoms with E-state index in [1.54, 1.807) is 0 Å². The van der Waals surface area contributed by atoms with Crippen molar-refractivity contribution in [3.8, 4) is 0 Å². The molecule has 0 bridgehead atoms. The first-order chi connectivity index (χ1) is 9.32. The van der Waals surface area contributed by atoms with Crippen molar-refractivity contribution in [3.05, 3.63) is 33.9 Å². The van der Waals surface area contributed by atoms with Crippen LogP contribution in [0.25, 0.3) is 0 Å². The van der Waals surface area contributed by atoms with Crippen LogP contribution in [-0.2, 0) is 0 Å². The molecule has 0 radical (unpaired) electrons. The quantitative estimate of drug-likeness (QED) is 0.412. The number of rotatable bonds is 6. The Bertz CT molecular complexity index is 502. The molecule has 4 N–H and O–H groups in total. The predicted octanol–water partition coefficient (Wildman–Crippen LogP) is 1.31. The van der Waals surface area contributed by atoms with E-state index in [9.17, 15) is 20.0 Å². The summed E-state index contributed by atoms with van der Waals surface area (Å²) in [5.41, 5.74) is 5.17. The van der Waals surface area contributed by atoms with Crippen LogP contribution in [0, 0.1) is 16.0 Å². The largest absolute Gasteiger partial charge is 0.393 e. The van der Waals surface area contributed by atoms with Crippen molar-refractivity contribution in [2.24, 2.45) is 5.92 Å². The number of para-hydroxylation sites is 1. The van der Waals surface area contributed by atoms with Gasteiger partial charge in [-0.15, -0.1) is 0 Å². The summed E-state index contributed by atoms with van der Waals surface area (Å²) in [4.78, 5) is 22.0. The SMILES string of the molecule is CC(C)CC(O)CNC(=O)c1cccc([N+](=O)[O-])c1N. The van der Waals surface area contributed by atoms with Gasteiger partial charge in [-0.25, -0.2) is 0 Å². The van der Waals surface area contributed by atoms with E-state index in [1.165, 1.54) is 18.2 Å². The van der Waals surface area contributed by atoms with Crippen LogP contribution in [0.3, 0.4) is 0 Å². The van der Waals surface area contributed by atoms with Crippen molar-refractivity contribution in [1.82, 2.24) is 5.32 Å². The molecule has 1 aromatic rings. The van der Waals surface area contributed by atoms with E-state index in [0.717, 1.165) is 0 Å². The number of nitrogens with two attached hydrogens (primary N) is 1. The Hall–Kier alpha value is -2.15. The highest BCUT2D eigenvalue weighted by atomic mass is 16.6. The zero-order chi connectivity index (χ0) is 15.3. The fourth-order valence-corrected chi connectivity index (χ4v) is 1.84. The molecule has 7 nitrogen and oxygen atoms in total. The van der Waals surface area contributed by atoms with Crippen LogP contribution < -0.4 is 11.1 Å². The van der Waals surface area contributed by atoms with E-state index in [0.29, 0.717) is 12.3 Å². The number of aliphatic hydroxyl groups excluding tert-OH is 1. The van der Waals surface area contributed by atoms with Crippen molar-refractivity contribution < 1.29 is 14.8 Å². The number of hydrogen-bond donors (Lipinski definition) is 3. The van der Waals surface area contributed by atoms with Crippen molar-refractivity contribution >= 4 is 17.3 Å². The minimum absolute atomic E-state index is 0.0379. The van der Waals surface area contributed by atoms with Gasteiger partial charge in [0.15, 0.2) is 0 Å². The maximum atomic E-state index is 11.9. The van der Waals surface area contributed by atoms with Gasteiger partial charge in [0.1, 0.15) is 5.69 Å². The molecule has 1 aromatic carbocycles. The molecule has 1 rings (SSSR count). The number of nitro groups is 1. The van der Waals surface area contributed by atoms with Gasteiger partial charge in [0, 0.05) is 12.6 Å². The molecule has 0 saturated heterocycles. The first-order valence-corrected chi connectivity index (χ1v) is 6.32. The molecule has 0 aliphatic carbocycles. The number of nitrogens with zero attached hydrogens (tertiary/aromatic N) is 1. The van der Waals surface area contributed by atoms with Gasteiger partial charge in [-0.3, -0.25) is 14.9 Å². The Kier molecular flexibility index (Phi) is 5.45. The highest BCUT2D eigenvalue weighted by Gasteiger charge is 2.19. The van der Waals surface area contributed by atoms with Crippen LogP contribution in [0.15, 0.2) is 18.2 Å². The van der Waals surface area contributed by atoms with E-state index in [2.05, 4.69) is 5.32 Å². The third kappa shape index (κ3) is 4.20. The second-order valence-corrected chi connectivity index (χ2v) is 4.99. The molecule has 20 heavy (non-hydrogen) atoms. The Balaban J connectivity index is 2.74. The maximum Gasteiger partial charge on any atom is 0.292 e. The summed E-state index contributed by atoms with van der Waals surface area (Å²) in [6, 6.07) is 4.04. The number of nitrogen functional groups attached to an aromatic ring is 1. The van der Waals surface area contributed by atoms with Gasteiger partial charge >= 0.3 is 0 Å². The number of nitro benzene ring substituents is 1. The summed E-state index contributed by atoms with van der Waals surface area (Å²) in [6.07, 6.45) is -0.0936. The fraction of sp³-hybridized carbons (Fsp3) is 0.462. The van der Waals surface area contributed by atoms with Gasteiger partial charge in [0.05, 0.1) is 16.6 Å². The third-order valence-corrected chi connectivity index (χ3v) is 2.77. The molecule has 0 heterocycles. The summed E-state index contributed by atoms with van der Waals surface area (Å²) in [6.45, 7) is 4.01. The molecule has 0 aliphatic heterocycles. The maximum absolute atomic E-state index is 11.9. The Labute approximate surface area is 116 Å². The summed E-state index contributed by atoms with van der Waals surface area (Å²) in [7, 11) is 0. The summed E-state index contributed by atoms with van der Waals surface area (Å²) in [5.74, 6) is -0.223. The number of carbonyl (C=O) groups excluding carboxylic acids is 1. The van der Waals surface area contributed by atoms with E-state index in [-0.39, 0.29) is 23.5 Å². The van der Waals surface area contributed by atoms with Gasteiger partial charge in [-0.1, -0.05) is 19.9 Å². The lowest BCUT2D eigenvalue weighted by Gasteiger charge is -2.14. The van der Waals surface area contributed by atoms with Crippen molar-refractivity contribution in [3.63, 3.8) is 0 Å². The van der Waals surface area contributed by atoms with Crippen molar-refractivity contribution in [2.45, 2.75) is 26.4 Å². The molecule has 0 saturated carbocycles. The molecule has 0 spiro atoms. The first kappa shape index (κ1) is 15.9. The third-order valence-electron chi connectivity index (χ3n) is 2.77. The van der Waals surface area contributed by atoms with Gasteiger partial charge in [-0.05, 0) is 18.4 Å². The molecule has 1 unspecified atom stereocenters. The van der Waals surface area contributed by atoms with Crippen LogP contribution in [0.4, 0.5) is 11.4 Å². The van der Waals surface area contributed by atoms with Gasteiger partial charge in [0.25, 0.3) is 11.6 Å². The molecule has 0 aromatic heterocycles. The summed E-state index contributed by atoms with van der Waals surface area (Å²) < 4.78 is 0. The van der Waals surface area contributed by atoms with E-state index >= 15 is 0 Å². The van der Waals surface area contributed by atoms with Crippen LogP contribution in [0.1, 0.15) is 30.6 Å². The van der Waals surface area contributed by atoms with Gasteiger partial charge in [0.2, 0.25) is 0 Å². The highest BCUT2D eigenvalue weighted by molar-refractivity contribution is 6.00. The fourth-order valence-electron chi connectivity index (χ4n) is 1.84. The number of anilines is 1. The minimum atomic E-state index is -0.654. The van der Waals surface area contributed by atoms with Gasteiger partial charge < -0.3 is 16.2 Å². The lowest BCUT2D eigenvalue weighted by atomic mass is 10.1. The van der Waals surface area contributed by atoms with Crippen molar-refractivity contribution in [2.75, 3.05) is 12.3 Å². The highest BCUT2D eigenvalue weighted by Crippen LogP contribution is 2.24. The molecule has 7 heteroatoms. The second kappa shape index (κ2) is 6.85. The Morgan fingerprint density at radius 3 is 2.70 bits per heavy atom. The average molecular weight is 281 g/mol. The molecule has 1 amide bonds. The number of benzene rings is 1. The topological polar surface area (TPSA) is 118 Å². The number of carbonyl (C=O) groups is 1. The number of amides is 1. The predicted molar refractivity (Wildman–Crippen MR) is 75.3 cm³/mol. The normalized spacial score (nSPS) is 12.2. The second-order valence-electron chi connectivity index (χ2n) is 4.99. The lowest BCUT2D eigenvalue weighted by molar-refractivity contribution is -0.383. The van der Waals surface area contributed by atoms with Crippen LogP contribution in [-0.4, -0.2) is 28.6 Å². The van der Waals surface area contributed by atoms with E-state index in [1.807, 2.05) is 13.8 Å². The monoisotopic (exact) mass is 281 g/mol. The smallest absolute Gasteiger partial charge is 0.292 e. The molecular formula is C13H19N3O4. The zero-order valence-electron chi connectivity index (χ0n) is 11.5. The molecular weight excluding hydrogens is 262 g/mol. The molecule has 110 valence electrons. The molecule has 0 fully saturated rings. The Morgan fingerprint density at radius 1 is 1.50 bits per heavy atom. The van der Waals surface area contributed by atoms with Crippen LogP contribution in [0.2, 0.25) is 0 Å². The van der Waals surface area contributed by atoms with Crippen LogP contribution in [0.5, 0.6) is 0 Å². The summed E-state index contributed by atoms with van der Waals surface area (Å²) >= 11 is 0. The van der Waals surface area contributed by atoms with E-state index < -0.39 is 16.9 Å². The number of aliphatic hydroxyl groups is 1. The minimum Gasteiger partial charge on any atom is -0.393 e. The van der Waals surface area contributed by atoms with E-state index in [4.69, 9.17) is 5.73 Å². The van der Waals surface area contributed by atoms with Crippen LogP contribution >= 0.6 is 0 Å². The Morgan fingerprint density at radius 2 is 2.15 bits per heavy atom.